The van der Waals surface area contributed by atoms with E-state index in [1.54, 1.807) is 6.07 Å². The van der Waals surface area contributed by atoms with Crippen molar-refractivity contribution >= 4 is 5.91 Å². The molecule has 3 heterocycles. The zero-order valence-electron chi connectivity index (χ0n) is 15.5. The Balaban J connectivity index is 1.29. The van der Waals surface area contributed by atoms with Crippen molar-refractivity contribution in [2.45, 2.75) is 32.2 Å². The Labute approximate surface area is 161 Å². The Morgan fingerprint density at radius 2 is 2.07 bits per heavy atom. The molecule has 1 fully saturated rings. The molecule has 1 N–H and O–H groups in total. The van der Waals surface area contributed by atoms with Gasteiger partial charge < -0.3 is 23.7 Å². The highest BCUT2D eigenvalue weighted by Gasteiger charge is 2.36. The van der Waals surface area contributed by atoms with Crippen molar-refractivity contribution in [1.82, 2.24) is 20.7 Å². The Kier molecular flexibility index (Phi) is 4.93. The lowest BCUT2D eigenvalue weighted by atomic mass is 10.1. The van der Waals surface area contributed by atoms with Crippen LogP contribution in [0.3, 0.4) is 0 Å². The average molecular weight is 384 g/mol. The largest absolute Gasteiger partial charge is 0.422 e. The number of benzene rings is 1. The van der Waals surface area contributed by atoms with Gasteiger partial charge in [-0.2, -0.15) is 0 Å². The highest BCUT2D eigenvalue weighted by Crippen LogP contribution is 2.31. The molecular weight excluding hydrogens is 364 g/mol. The van der Waals surface area contributed by atoms with Crippen LogP contribution in [0.5, 0.6) is 0 Å². The van der Waals surface area contributed by atoms with Crippen LogP contribution in [0.25, 0.3) is 11.3 Å². The van der Waals surface area contributed by atoms with E-state index in [4.69, 9.17) is 18.4 Å². The van der Waals surface area contributed by atoms with E-state index in [1.165, 1.54) is 0 Å². The molecular formula is C19H20N4O5. The van der Waals surface area contributed by atoms with Gasteiger partial charge in [0.2, 0.25) is 11.8 Å². The Morgan fingerprint density at radius 1 is 1.25 bits per heavy atom. The van der Waals surface area contributed by atoms with Crippen molar-refractivity contribution in [2.75, 3.05) is 13.2 Å². The molecule has 1 saturated heterocycles. The third kappa shape index (κ3) is 4.10. The molecule has 4 rings (SSSR count). The first-order chi connectivity index (χ1) is 13.5. The van der Waals surface area contributed by atoms with E-state index < -0.39 is 5.79 Å². The highest BCUT2D eigenvalue weighted by atomic mass is 16.7. The second kappa shape index (κ2) is 7.53. The number of nitrogens with one attached hydrogen (secondary N) is 1. The molecule has 0 saturated carbocycles. The van der Waals surface area contributed by atoms with Gasteiger partial charge in [0.05, 0.1) is 6.61 Å². The minimum absolute atomic E-state index is 0.212. The van der Waals surface area contributed by atoms with Gasteiger partial charge in [-0.15, -0.1) is 10.2 Å². The second-order valence-electron chi connectivity index (χ2n) is 6.80. The fourth-order valence-electron chi connectivity index (χ4n) is 2.80. The first-order valence-corrected chi connectivity index (χ1v) is 8.94. The molecule has 1 unspecified atom stereocenters. The molecule has 1 aliphatic rings. The summed E-state index contributed by atoms with van der Waals surface area (Å²) in [6.07, 6.45) is 0.0106. The Hall–Kier alpha value is -3.04. The molecule has 3 aromatic rings. The van der Waals surface area contributed by atoms with Crippen LogP contribution in [-0.2, 0) is 15.9 Å². The van der Waals surface area contributed by atoms with E-state index in [0.29, 0.717) is 37.1 Å². The third-order valence-corrected chi connectivity index (χ3v) is 4.19. The standard InChI is InChI=1S/C19H20N4O5/c1-19(2)25-11-15(27-19)18-22-21-16(26-18)8-9-20-17(24)13-10-14(28-23-13)12-6-4-3-5-7-12/h3-7,10,15H,8-9,11H2,1-2H3,(H,20,24). The maximum atomic E-state index is 12.2. The van der Waals surface area contributed by atoms with Crippen molar-refractivity contribution < 1.29 is 23.2 Å². The number of carbonyl (C=O) groups is 1. The molecule has 0 aliphatic carbocycles. The summed E-state index contributed by atoms with van der Waals surface area (Å²) >= 11 is 0. The number of amides is 1. The van der Waals surface area contributed by atoms with Crippen LogP contribution in [0.2, 0.25) is 0 Å². The van der Waals surface area contributed by atoms with E-state index in [0.717, 1.165) is 5.56 Å². The van der Waals surface area contributed by atoms with E-state index in [9.17, 15) is 4.79 Å². The fraction of sp³-hybridized carbons (Fsp3) is 0.368. The van der Waals surface area contributed by atoms with Gasteiger partial charge in [0.15, 0.2) is 23.3 Å². The number of rotatable bonds is 6. The Morgan fingerprint density at radius 3 is 2.82 bits per heavy atom. The monoisotopic (exact) mass is 384 g/mol. The van der Waals surface area contributed by atoms with Crippen molar-refractivity contribution in [1.29, 1.82) is 0 Å². The van der Waals surface area contributed by atoms with E-state index >= 15 is 0 Å². The second-order valence-corrected chi connectivity index (χ2v) is 6.80. The zero-order valence-corrected chi connectivity index (χ0v) is 15.5. The quantitative estimate of drug-likeness (QED) is 0.690. The number of hydrogen-bond donors (Lipinski definition) is 1. The lowest BCUT2D eigenvalue weighted by Crippen LogP contribution is -2.26. The van der Waals surface area contributed by atoms with Crippen molar-refractivity contribution in [3.8, 4) is 11.3 Å². The molecule has 9 heteroatoms. The fourth-order valence-corrected chi connectivity index (χ4v) is 2.80. The van der Waals surface area contributed by atoms with Crippen LogP contribution in [0.4, 0.5) is 0 Å². The summed E-state index contributed by atoms with van der Waals surface area (Å²) in [5.74, 6) is 0.322. The van der Waals surface area contributed by atoms with Crippen LogP contribution in [-0.4, -0.2) is 40.2 Å². The van der Waals surface area contributed by atoms with Crippen LogP contribution in [0, 0.1) is 0 Å². The lowest BCUT2D eigenvalue weighted by Gasteiger charge is -2.15. The van der Waals surface area contributed by atoms with Crippen molar-refractivity contribution in [3.05, 3.63) is 53.9 Å². The number of carbonyl (C=O) groups excluding carboxylic acids is 1. The van der Waals surface area contributed by atoms with Crippen LogP contribution in [0.15, 0.2) is 45.3 Å². The minimum atomic E-state index is -0.663. The SMILES string of the molecule is CC1(C)OCC(c2nnc(CCNC(=O)c3cc(-c4ccccc4)on3)o2)O1. The summed E-state index contributed by atoms with van der Waals surface area (Å²) in [6, 6.07) is 11.1. The molecule has 0 bridgehead atoms. The van der Waals surface area contributed by atoms with Crippen molar-refractivity contribution in [3.63, 3.8) is 0 Å². The van der Waals surface area contributed by atoms with Gasteiger partial charge in [-0.3, -0.25) is 4.79 Å². The molecule has 1 aromatic carbocycles. The predicted octanol–water partition coefficient (Wildman–Crippen LogP) is 2.52. The van der Waals surface area contributed by atoms with Gasteiger partial charge in [-0.1, -0.05) is 35.5 Å². The van der Waals surface area contributed by atoms with Crippen LogP contribution in [0.1, 0.15) is 42.2 Å². The molecule has 0 spiro atoms. The lowest BCUT2D eigenvalue weighted by molar-refractivity contribution is -0.141. The van der Waals surface area contributed by atoms with E-state index in [-0.39, 0.29) is 17.7 Å². The number of nitrogens with zero attached hydrogens (tertiary/aromatic N) is 3. The molecule has 28 heavy (non-hydrogen) atoms. The van der Waals surface area contributed by atoms with Crippen molar-refractivity contribution in [2.24, 2.45) is 0 Å². The first kappa shape index (κ1) is 18.3. The third-order valence-electron chi connectivity index (χ3n) is 4.19. The summed E-state index contributed by atoms with van der Waals surface area (Å²) in [7, 11) is 0. The maximum Gasteiger partial charge on any atom is 0.273 e. The number of aromatic nitrogens is 3. The smallest absolute Gasteiger partial charge is 0.273 e. The minimum Gasteiger partial charge on any atom is -0.422 e. The molecule has 9 nitrogen and oxygen atoms in total. The van der Waals surface area contributed by atoms with E-state index in [1.807, 2.05) is 44.2 Å². The van der Waals surface area contributed by atoms with Gasteiger partial charge >= 0.3 is 0 Å². The average Bonchev–Trinajstić information content (AvgIpc) is 3.42. The number of ether oxygens (including phenoxy) is 2. The molecule has 1 atom stereocenters. The molecule has 2 aromatic heterocycles. The van der Waals surface area contributed by atoms with Gasteiger partial charge in [0.25, 0.3) is 5.91 Å². The first-order valence-electron chi connectivity index (χ1n) is 8.94. The zero-order chi connectivity index (χ0) is 19.6. The normalized spacial score (nSPS) is 18.3. The summed E-state index contributed by atoms with van der Waals surface area (Å²) in [5, 5.41) is 14.6. The molecule has 146 valence electrons. The van der Waals surface area contributed by atoms with Crippen LogP contribution < -0.4 is 5.32 Å². The van der Waals surface area contributed by atoms with E-state index in [2.05, 4.69) is 20.7 Å². The summed E-state index contributed by atoms with van der Waals surface area (Å²) in [5.41, 5.74) is 1.07. The maximum absolute atomic E-state index is 12.2. The van der Waals surface area contributed by atoms with Gasteiger partial charge in [0.1, 0.15) is 0 Å². The van der Waals surface area contributed by atoms with Crippen LogP contribution >= 0.6 is 0 Å². The van der Waals surface area contributed by atoms with Gasteiger partial charge in [-0.05, 0) is 13.8 Å². The predicted molar refractivity (Wildman–Crippen MR) is 96.1 cm³/mol. The number of hydrogen-bond acceptors (Lipinski definition) is 8. The molecule has 1 amide bonds. The summed E-state index contributed by atoms with van der Waals surface area (Å²) < 4.78 is 22.0. The summed E-state index contributed by atoms with van der Waals surface area (Å²) in [4.78, 5) is 12.2. The topological polar surface area (TPSA) is 113 Å². The highest BCUT2D eigenvalue weighted by molar-refractivity contribution is 5.93. The van der Waals surface area contributed by atoms with Gasteiger partial charge in [0, 0.05) is 24.6 Å². The summed E-state index contributed by atoms with van der Waals surface area (Å²) in [6.45, 7) is 4.34. The molecule has 0 radical (unpaired) electrons. The molecule has 1 aliphatic heterocycles. The Bertz CT molecular complexity index is 950. The van der Waals surface area contributed by atoms with Gasteiger partial charge in [-0.25, -0.2) is 0 Å².